The van der Waals surface area contributed by atoms with Gasteiger partial charge in [-0.05, 0) is 55.5 Å². The largest absolute Gasteiger partial charge is 0.484 e. The molecule has 3 aromatic carbocycles. The first kappa shape index (κ1) is 20.7. The zero-order valence-electron chi connectivity index (χ0n) is 17.6. The van der Waals surface area contributed by atoms with Crippen molar-refractivity contribution < 1.29 is 14.3 Å². The Balaban J connectivity index is 1.56. The van der Waals surface area contributed by atoms with Crippen molar-refractivity contribution in [3.63, 3.8) is 0 Å². The van der Waals surface area contributed by atoms with Gasteiger partial charge in [-0.2, -0.15) is 0 Å². The smallest absolute Gasteiger partial charge is 0.276 e. The topological polar surface area (TPSA) is 58.6 Å². The van der Waals surface area contributed by atoms with Crippen molar-refractivity contribution in [2.75, 3.05) is 11.6 Å². The fourth-order valence-electron chi connectivity index (χ4n) is 3.94. The molecule has 0 fully saturated rings. The fourth-order valence-corrected chi connectivity index (χ4v) is 3.94. The molecule has 0 aromatic heterocycles. The monoisotopic (exact) mass is 414 g/mol. The second kappa shape index (κ2) is 9.47. The molecule has 1 aliphatic rings. The van der Waals surface area contributed by atoms with E-state index in [9.17, 15) is 9.59 Å². The third-order valence-corrected chi connectivity index (χ3v) is 5.45. The summed E-state index contributed by atoms with van der Waals surface area (Å²) in [4.78, 5) is 26.2. The predicted octanol–water partition coefficient (Wildman–Crippen LogP) is 4.50. The highest BCUT2D eigenvalue weighted by molar-refractivity contribution is 6.02. The summed E-state index contributed by atoms with van der Waals surface area (Å²) in [5.74, 6) is 0.338. The van der Waals surface area contributed by atoms with Gasteiger partial charge in [0, 0.05) is 5.56 Å². The van der Waals surface area contributed by atoms with Crippen molar-refractivity contribution in [1.29, 1.82) is 0 Å². The predicted molar refractivity (Wildman–Crippen MR) is 121 cm³/mol. The number of benzene rings is 3. The van der Waals surface area contributed by atoms with Crippen molar-refractivity contribution in [3.05, 3.63) is 95.6 Å². The van der Waals surface area contributed by atoms with E-state index >= 15 is 0 Å². The lowest BCUT2D eigenvalue weighted by molar-refractivity contribution is -0.123. The number of anilines is 1. The van der Waals surface area contributed by atoms with Crippen molar-refractivity contribution in [3.8, 4) is 5.75 Å². The first-order chi connectivity index (χ1) is 15.1. The number of rotatable bonds is 6. The van der Waals surface area contributed by atoms with Crippen molar-refractivity contribution in [2.24, 2.45) is 0 Å². The molecular formula is C26H26N2O3. The number of amides is 1. The third kappa shape index (κ3) is 4.94. The molecule has 158 valence electrons. The van der Waals surface area contributed by atoms with Crippen LogP contribution in [0.2, 0.25) is 0 Å². The Labute approximate surface area is 182 Å². The third-order valence-electron chi connectivity index (χ3n) is 5.45. The van der Waals surface area contributed by atoms with E-state index in [-0.39, 0.29) is 18.3 Å². The summed E-state index contributed by atoms with van der Waals surface area (Å²) >= 11 is 0. The minimum Gasteiger partial charge on any atom is -0.484 e. The number of carbonyl (C=O) groups is 2. The number of aryl methyl sites for hydroxylation is 2. The summed E-state index contributed by atoms with van der Waals surface area (Å²) in [5, 5.41) is 1.74. The Bertz CT molecular complexity index is 1070. The molecule has 0 bridgehead atoms. The summed E-state index contributed by atoms with van der Waals surface area (Å²) < 4.78 is 5.67. The first-order valence-corrected chi connectivity index (χ1v) is 10.6. The van der Waals surface area contributed by atoms with Gasteiger partial charge in [-0.25, -0.2) is 0 Å². The van der Waals surface area contributed by atoms with Crippen LogP contribution in [0.5, 0.6) is 5.75 Å². The van der Waals surface area contributed by atoms with Gasteiger partial charge in [-0.15, -0.1) is 0 Å². The number of Topliss-reactive ketones (excluding diaryl/α,β-unsaturated/α-hetero) is 1. The van der Waals surface area contributed by atoms with Crippen LogP contribution >= 0.6 is 0 Å². The van der Waals surface area contributed by atoms with E-state index < -0.39 is 6.04 Å². The molecule has 1 unspecified atom stereocenters. The molecule has 4 rings (SSSR count). The molecule has 1 atom stereocenters. The van der Waals surface area contributed by atoms with Gasteiger partial charge in [-0.1, -0.05) is 60.7 Å². The summed E-state index contributed by atoms with van der Waals surface area (Å²) in [5.41, 5.74) is 6.63. The van der Waals surface area contributed by atoms with Crippen LogP contribution in [-0.4, -0.2) is 24.3 Å². The lowest BCUT2D eigenvalue weighted by Gasteiger charge is -2.32. The van der Waals surface area contributed by atoms with Gasteiger partial charge in [0.05, 0.1) is 5.69 Å². The molecule has 1 N–H and O–H groups in total. The quantitative estimate of drug-likeness (QED) is 0.604. The van der Waals surface area contributed by atoms with E-state index in [1.165, 1.54) is 0 Å². The second-order valence-electron chi connectivity index (χ2n) is 7.78. The Morgan fingerprint density at radius 3 is 2.58 bits per heavy atom. The molecular weight excluding hydrogens is 388 g/mol. The van der Waals surface area contributed by atoms with Crippen molar-refractivity contribution in [1.82, 2.24) is 5.43 Å². The van der Waals surface area contributed by atoms with Crippen molar-refractivity contribution >= 4 is 17.4 Å². The number of hydrogen-bond donors (Lipinski definition) is 1. The van der Waals surface area contributed by atoms with Gasteiger partial charge in [0.15, 0.2) is 12.4 Å². The number of ketones is 1. The number of hydrogen-bond acceptors (Lipinski definition) is 4. The summed E-state index contributed by atoms with van der Waals surface area (Å²) in [6.45, 7) is 1.84. The first-order valence-electron chi connectivity index (χ1n) is 10.6. The maximum absolute atomic E-state index is 13.3. The normalized spacial score (nSPS) is 15.5. The molecule has 5 nitrogen and oxygen atoms in total. The van der Waals surface area contributed by atoms with E-state index in [1.54, 1.807) is 5.01 Å². The van der Waals surface area contributed by atoms with E-state index in [0.29, 0.717) is 17.7 Å². The molecule has 0 aliphatic carbocycles. The Morgan fingerprint density at radius 2 is 1.77 bits per heavy atom. The van der Waals surface area contributed by atoms with Crippen LogP contribution in [0, 0.1) is 6.92 Å². The van der Waals surface area contributed by atoms with Crippen LogP contribution in [-0.2, 0) is 11.2 Å². The summed E-state index contributed by atoms with van der Waals surface area (Å²) in [6.07, 6.45) is 2.38. The molecule has 0 saturated heterocycles. The molecule has 31 heavy (non-hydrogen) atoms. The van der Waals surface area contributed by atoms with E-state index in [4.69, 9.17) is 4.74 Å². The van der Waals surface area contributed by atoms with E-state index in [2.05, 4.69) is 5.43 Å². The maximum Gasteiger partial charge on any atom is 0.276 e. The molecule has 1 heterocycles. The SMILES string of the molecule is Cc1cccc(OCC(=O)NN2c3ccccc3CCCC2C(=O)c2ccccc2)c1. The molecule has 1 amide bonds. The van der Waals surface area contributed by atoms with E-state index in [1.807, 2.05) is 85.8 Å². The lowest BCUT2D eigenvalue weighted by atomic mass is 9.99. The molecule has 0 radical (unpaired) electrons. The maximum atomic E-state index is 13.3. The highest BCUT2D eigenvalue weighted by Gasteiger charge is 2.31. The number of ether oxygens (including phenoxy) is 1. The van der Waals surface area contributed by atoms with Gasteiger partial charge < -0.3 is 4.74 Å². The molecule has 0 spiro atoms. The molecule has 1 aliphatic heterocycles. The van der Waals surface area contributed by atoms with Crippen LogP contribution in [0.3, 0.4) is 0 Å². The van der Waals surface area contributed by atoms with Gasteiger partial charge in [0.2, 0.25) is 0 Å². The minimum absolute atomic E-state index is 0.00259. The minimum atomic E-state index is -0.478. The van der Waals surface area contributed by atoms with Crippen LogP contribution in [0.4, 0.5) is 5.69 Å². The van der Waals surface area contributed by atoms with Gasteiger partial charge >= 0.3 is 0 Å². The average molecular weight is 415 g/mol. The molecule has 5 heteroatoms. The van der Waals surface area contributed by atoms with Crippen LogP contribution in [0.15, 0.2) is 78.9 Å². The number of nitrogens with zero attached hydrogens (tertiary/aromatic N) is 1. The van der Waals surface area contributed by atoms with Crippen LogP contribution in [0.1, 0.15) is 34.3 Å². The van der Waals surface area contributed by atoms with Gasteiger partial charge in [-0.3, -0.25) is 20.0 Å². The Kier molecular flexibility index (Phi) is 6.32. The number of carbonyl (C=O) groups excluding carboxylic acids is 2. The summed E-state index contributed by atoms with van der Waals surface area (Å²) in [6, 6.07) is 24.3. The molecule has 0 saturated carbocycles. The Hall–Kier alpha value is -3.60. The number of nitrogens with one attached hydrogen (secondary N) is 1. The molecule has 3 aromatic rings. The summed E-state index contributed by atoms with van der Waals surface area (Å²) in [7, 11) is 0. The average Bonchev–Trinajstić information content (AvgIpc) is 2.97. The zero-order chi connectivity index (χ0) is 21.6. The van der Waals surface area contributed by atoms with Crippen molar-refractivity contribution in [2.45, 2.75) is 32.2 Å². The zero-order valence-corrected chi connectivity index (χ0v) is 17.6. The Morgan fingerprint density at radius 1 is 1.00 bits per heavy atom. The number of hydrazine groups is 1. The van der Waals surface area contributed by atoms with Crippen LogP contribution in [0.25, 0.3) is 0 Å². The number of para-hydroxylation sites is 1. The van der Waals surface area contributed by atoms with Gasteiger partial charge in [0.25, 0.3) is 5.91 Å². The highest BCUT2D eigenvalue weighted by Crippen LogP contribution is 2.29. The number of fused-ring (bicyclic) bond motifs is 1. The van der Waals surface area contributed by atoms with E-state index in [0.717, 1.165) is 29.7 Å². The fraction of sp³-hybridized carbons (Fsp3) is 0.231. The van der Waals surface area contributed by atoms with Crippen LogP contribution < -0.4 is 15.2 Å². The standard InChI is InChI=1S/C26H26N2O3/c1-19-9-7-14-22(17-19)31-18-25(29)27-28-23-15-6-5-10-20(23)13-8-16-24(28)26(30)21-11-3-2-4-12-21/h2-7,9-12,14-15,17,24H,8,13,16,18H2,1H3,(H,27,29). The highest BCUT2D eigenvalue weighted by atomic mass is 16.5. The van der Waals surface area contributed by atoms with Gasteiger partial charge in [0.1, 0.15) is 11.8 Å². The second-order valence-corrected chi connectivity index (χ2v) is 7.78. The lowest BCUT2D eigenvalue weighted by Crippen LogP contribution is -2.53.